The third-order valence-corrected chi connectivity index (χ3v) is 4.34. The van der Waals surface area contributed by atoms with E-state index in [1.165, 1.54) is 11.3 Å². The SMILES string of the molecule is O=C(NCc1cnsn1)Nc1nnc(-c2ccsc2)s1. The number of nitrogens with zero attached hydrogens (tertiary/aromatic N) is 4. The number of nitrogens with one attached hydrogen (secondary N) is 2. The standard InChI is InChI=1S/C10H8N6OS3/c17-9(11-3-7-4-12-20-16-7)13-10-15-14-8(19-10)6-1-2-18-5-6/h1-2,4-5H,3H2,(H2,11,13,15,17). The van der Waals surface area contributed by atoms with Crippen molar-refractivity contribution in [3.05, 3.63) is 28.7 Å². The molecule has 0 fully saturated rings. The molecule has 0 unspecified atom stereocenters. The summed E-state index contributed by atoms with van der Waals surface area (Å²) in [6.45, 7) is 0.332. The first kappa shape index (κ1) is 13.1. The van der Waals surface area contributed by atoms with Crippen LogP contribution in [-0.4, -0.2) is 25.0 Å². The van der Waals surface area contributed by atoms with Crippen molar-refractivity contribution in [3.8, 4) is 10.6 Å². The molecule has 3 rings (SSSR count). The van der Waals surface area contributed by atoms with Crippen LogP contribution in [0.5, 0.6) is 0 Å². The van der Waals surface area contributed by atoms with E-state index in [-0.39, 0.29) is 6.03 Å². The number of rotatable bonds is 4. The Hall–Kier alpha value is -1.91. The Balaban J connectivity index is 1.56. The molecule has 2 N–H and O–H groups in total. The van der Waals surface area contributed by atoms with Crippen LogP contribution in [0, 0.1) is 0 Å². The molecule has 7 nitrogen and oxygen atoms in total. The summed E-state index contributed by atoms with van der Waals surface area (Å²) in [6.07, 6.45) is 1.62. The number of hydrogen-bond acceptors (Lipinski definition) is 8. The molecule has 0 aliphatic heterocycles. The van der Waals surface area contributed by atoms with Crippen LogP contribution in [0.4, 0.5) is 9.93 Å². The molecule has 3 aromatic heterocycles. The first-order valence-corrected chi connectivity index (χ1v) is 7.97. The van der Waals surface area contributed by atoms with Crippen LogP contribution >= 0.6 is 34.4 Å². The Morgan fingerprint density at radius 3 is 3.05 bits per heavy atom. The highest BCUT2D eigenvalue weighted by Gasteiger charge is 2.09. The molecule has 0 radical (unpaired) electrons. The number of amides is 2. The van der Waals surface area contributed by atoms with Crippen LogP contribution in [0.3, 0.4) is 0 Å². The number of hydrogen-bond donors (Lipinski definition) is 2. The van der Waals surface area contributed by atoms with E-state index in [2.05, 4.69) is 29.6 Å². The Labute approximate surface area is 126 Å². The van der Waals surface area contributed by atoms with Gasteiger partial charge < -0.3 is 5.32 Å². The molecule has 0 saturated carbocycles. The van der Waals surface area contributed by atoms with E-state index >= 15 is 0 Å². The molecule has 0 aliphatic carbocycles. The van der Waals surface area contributed by atoms with Gasteiger partial charge >= 0.3 is 6.03 Å². The quantitative estimate of drug-likeness (QED) is 0.769. The van der Waals surface area contributed by atoms with Crippen LogP contribution in [-0.2, 0) is 6.54 Å². The van der Waals surface area contributed by atoms with Crippen LogP contribution in [0.1, 0.15) is 5.69 Å². The predicted molar refractivity (Wildman–Crippen MR) is 79.0 cm³/mol. The summed E-state index contributed by atoms with van der Waals surface area (Å²) in [6, 6.07) is 1.62. The highest BCUT2D eigenvalue weighted by atomic mass is 32.1. The Morgan fingerprint density at radius 2 is 2.30 bits per heavy atom. The molecule has 102 valence electrons. The lowest BCUT2D eigenvalue weighted by Crippen LogP contribution is -2.28. The van der Waals surface area contributed by atoms with E-state index in [1.54, 1.807) is 17.5 Å². The predicted octanol–water partition coefficient (Wildman–Crippen LogP) is 2.44. The monoisotopic (exact) mass is 324 g/mol. The molecule has 0 aliphatic rings. The van der Waals surface area contributed by atoms with E-state index in [1.807, 2.05) is 16.8 Å². The van der Waals surface area contributed by atoms with Gasteiger partial charge in [0.15, 0.2) is 0 Å². The fourth-order valence-electron chi connectivity index (χ4n) is 1.35. The molecule has 10 heteroatoms. The number of anilines is 1. The molecular weight excluding hydrogens is 316 g/mol. The molecule has 0 spiro atoms. The summed E-state index contributed by atoms with van der Waals surface area (Å²) in [5, 5.41) is 18.5. The lowest BCUT2D eigenvalue weighted by Gasteiger charge is -2.01. The van der Waals surface area contributed by atoms with Crippen LogP contribution in [0.25, 0.3) is 10.6 Å². The second kappa shape index (κ2) is 6.03. The second-order valence-electron chi connectivity index (χ2n) is 3.63. The summed E-state index contributed by atoms with van der Waals surface area (Å²) < 4.78 is 7.85. The van der Waals surface area contributed by atoms with Gasteiger partial charge in [-0.15, -0.1) is 10.2 Å². The maximum absolute atomic E-state index is 11.7. The van der Waals surface area contributed by atoms with Gasteiger partial charge in [-0.25, -0.2) is 4.79 Å². The summed E-state index contributed by atoms with van der Waals surface area (Å²) >= 11 is 4.03. The van der Waals surface area contributed by atoms with Gasteiger partial charge in [-0.05, 0) is 11.4 Å². The molecule has 0 aromatic carbocycles. The lowest BCUT2D eigenvalue weighted by atomic mass is 10.4. The lowest BCUT2D eigenvalue weighted by molar-refractivity contribution is 0.251. The maximum Gasteiger partial charge on any atom is 0.321 e. The van der Waals surface area contributed by atoms with E-state index in [4.69, 9.17) is 0 Å². The minimum Gasteiger partial charge on any atom is -0.332 e. The fourth-order valence-corrected chi connectivity index (χ4v) is 3.23. The normalized spacial score (nSPS) is 10.4. The fraction of sp³-hybridized carbons (Fsp3) is 0.100. The number of thiophene rings is 1. The van der Waals surface area contributed by atoms with Gasteiger partial charge in [0, 0.05) is 10.9 Å². The van der Waals surface area contributed by atoms with Gasteiger partial charge in [0.25, 0.3) is 0 Å². The van der Waals surface area contributed by atoms with Crippen molar-refractivity contribution in [2.75, 3.05) is 5.32 Å². The van der Waals surface area contributed by atoms with Crippen molar-refractivity contribution < 1.29 is 4.79 Å². The van der Waals surface area contributed by atoms with Gasteiger partial charge in [0.2, 0.25) is 5.13 Å². The molecule has 2 amide bonds. The van der Waals surface area contributed by atoms with E-state index < -0.39 is 0 Å². The van der Waals surface area contributed by atoms with Crippen molar-refractivity contribution in [2.45, 2.75) is 6.54 Å². The Morgan fingerprint density at radius 1 is 1.35 bits per heavy atom. The second-order valence-corrected chi connectivity index (χ2v) is 5.95. The number of aromatic nitrogens is 4. The zero-order valence-corrected chi connectivity index (χ0v) is 12.4. The third kappa shape index (κ3) is 3.15. The first-order valence-electron chi connectivity index (χ1n) is 5.48. The summed E-state index contributed by atoms with van der Waals surface area (Å²) in [5.74, 6) is 0. The minimum atomic E-state index is -0.342. The smallest absolute Gasteiger partial charge is 0.321 e. The molecule has 0 saturated heterocycles. The van der Waals surface area contributed by atoms with E-state index in [0.29, 0.717) is 11.7 Å². The molecular formula is C10H8N6OS3. The zero-order chi connectivity index (χ0) is 13.8. The van der Waals surface area contributed by atoms with Crippen LogP contribution in [0.2, 0.25) is 0 Å². The van der Waals surface area contributed by atoms with Crippen molar-refractivity contribution in [1.29, 1.82) is 0 Å². The Kier molecular flexibility index (Phi) is 3.95. The van der Waals surface area contributed by atoms with Crippen molar-refractivity contribution >= 4 is 45.6 Å². The van der Waals surface area contributed by atoms with Gasteiger partial charge in [0.05, 0.1) is 30.2 Å². The topological polar surface area (TPSA) is 92.7 Å². The summed E-state index contributed by atoms with van der Waals surface area (Å²) in [7, 11) is 0. The molecule has 20 heavy (non-hydrogen) atoms. The zero-order valence-electron chi connectivity index (χ0n) is 9.94. The van der Waals surface area contributed by atoms with Crippen LogP contribution < -0.4 is 10.6 Å². The number of carbonyl (C=O) groups is 1. The van der Waals surface area contributed by atoms with Gasteiger partial charge in [-0.2, -0.15) is 20.1 Å². The molecule has 3 aromatic rings. The molecule has 0 bridgehead atoms. The number of carbonyl (C=O) groups excluding carboxylic acids is 1. The van der Waals surface area contributed by atoms with Gasteiger partial charge in [-0.1, -0.05) is 11.3 Å². The van der Waals surface area contributed by atoms with E-state index in [0.717, 1.165) is 28.0 Å². The Bertz CT molecular complexity index is 678. The van der Waals surface area contributed by atoms with Crippen molar-refractivity contribution in [1.82, 2.24) is 24.3 Å². The third-order valence-electron chi connectivity index (χ3n) is 2.25. The maximum atomic E-state index is 11.7. The summed E-state index contributed by atoms with van der Waals surface area (Å²) in [5.41, 5.74) is 1.73. The summed E-state index contributed by atoms with van der Waals surface area (Å²) in [4.78, 5) is 11.7. The minimum absolute atomic E-state index is 0.332. The van der Waals surface area contributed by atoms with Crippen LogP contribution in [0.15, 0.2) is 23.0 Å². The number of urea groups is 1. The van der Waals surface area contributed by atoms with Crippen molar-refractivity contribution in [3.63, 3.8) is 0 Å². The molecule has 0 atom stereocenters. The average Bonchev–Trinajstić information content (AvgIpc) is 3.18. The van der Waals surface area contributed by atoms with E-state index in [9.17, 15) is 4.79 Å². The molecule has 3 heterocycles. The first-order chi connectivity index (χ1) is 9.81. The van der Waals surface area contributed by atoms with Gasteiger partial charge in [0.1, 0.15) is 5.01 Å². The highest BCUT2D eigenvalue weighted by Crippen LogP contribution is 2.27. The average molecular weight is 324 g/mol. The van der Waals surface area contributed by atoms with Gasteiger partial charge in [-0.3, -0.25) is 5.32 Å². The highest BCUT2D eigenvalue weighted by molar-refractivity contribution is 7.19. The van der Waals surface area contributed by atoms with Crippen molar-refractivity contribution in [2.24, 2.45) is 0 Å². The largest absolute Gasteiger partial charge is 0.332 e.